The van der Waals surface area contributed by atoms with Crippen molar-refractivity contribution in [1.29, 1.82) is 0 Å². The Morgan fingerprint density at radius 1 is 0.759 bits per heavy atom. The van der Waals surface area contributed by atoms with Crippen LogP contribution in [-0.2, 0) is 22.9 Å². The van der Waals surface area contributed by atoms with Gasteiger partial charge in [0.25, 0.3) is 11.8 Å². The van der Waals surface area contributed by atoms with Crippen LogP contribution in [0.15, 0.2) is 23.1 Å². The van der Waals surface area contributed by atoms with Crippen LogP contribution in [0.4, 0.5) is 10.8 Å². The molecule has 318 valence electrons. The van der Waals surface area contributed by atoms with E-state index in [0.717, 1.165) is 22.8 Å². The van der Waals surface area contributed by atoms with Crippen molar-refractivity contribution in [3.63, 3.8) is 0 Å². The number of fused-ring (bicyclic) bond motifs is 2. The van der Waals surface area contributed by atoms with E-state index in [4.69, 9.17) is 32.7 Å². The monoisotopic (exact) mass is 954 g/mol. The van der Waals surface area contributed by atoms with Gasteiger partial charge < -0.3 is 34.6 Å². The molecule has 0 saturated carbocycles. The lowest BCUT2D eigenvalue weighted by atomic mass is 10.1. The number of hydrogen-bond donors (Lipinski definition) is 3. The summed E-state index contributed by atoms with van der Waals surface area (Å²) in [6.07, 6.45) is 3.46. The van der Waals surface area contributed by atoms with Gasteiger partial charge in [-0.25, -0.2) is 19.9 Å². The van der Waals surface area contributed by atoms with E-state index in [-0.39, 0.29) is 39.9 Å². The van der Waals surface area contributed by atoms with Gasteiger partial charge in [0.2, 0.25) is 0 Å². The third-order valence-corrected chi connectivity index (χ3v) is 13.6. The van der Waals surface area contributed by atoms with Crippen molar-refractivity contribution < 1.29 is 19.1 Å². The molecule has 0 aliphatic carbocycles. The molecule has 0 atom stereocenters. The highest BCUT2D eigenvalue weighted by molar-refractivity contribution is 9.10. The lowest BCUT2D eigenvalue weighted by Crippen LogP contribution is -2.40. The topological polar surface area (TPSA) is 163 Å². The quantitative estimate of drug-likeness (QED) is 0.0721. The van der Waals surface area contributed by atoms with Crippen LogP contribution in [0.3, 0.4) is 0 Å². The summed E-state index contributed by atoms with van der Waals surface area (Å²) in [6, 6.07) is 4.03. The summed E-state index contributed by atoms with van der Waals surface area (Å²) in [6.45, 7) is 29.3. The molecule has 14 nitrogen and oxygen atoms in total. The van der Waals surface area contributed by atoms with Gasteiger partial charge in [-0.05, 0) is 94.1 Å². The molecule has 20 heteroatoms. The highest BCUT2D eigenvalue weighted by Gasteiger charge is 2.25. The van der Waals surface area contributed by atoms with Crippen molar-refractivity contribution >= 4 is 112 Å². The molecule has 0 spiro atoms. The average molecular weight is 957 g/mol. The molecular weight excluding hydrogens is 900 g/mol. The molecule has 0 unspecified atom stereocenters. The van der Waals surface area contributed by atoms with Crippen molar-refractivity contribution in [2.45, 2.75) is 124 Å². The molecule has 58 heavy (non-hydrogen) atoms. The minimum absolute atomic E-state index is 0.202. The highest BCUT2D eigenvalue weighted by atomic mass is 79.9. The Hall–Kier alpha value is -2.98. The Kier molecular flexibility index (Phi) is 15.8. The summed E-state index contributed by atoms with van der Waals surface area (Å²) in [5.41, 5.74) is 3.04. The largest absolute Gasteiger partial charge is 0.361 e. The molecular formula is C38H57BrCl2N10O4SSi2. The first-order chi connectivity index (χ1) is 26.7. The first-order valence-corrected chi connectivity index (χ1v) is 28.7. The maximum Gasteiger partial charge on any atom is 0.255 e. The summed E-state index contributed by atoms with van der Waals surface area (Å²) >= 11 is 17.1. The second-order valence-corrected chi connectivity index (χ2v) is 32.1. The molecule has 3 N–H and O–H groups in total. The van der Waals surface area contributed by atoms with Crippen molar-refractivity contribution in [2.24, 2.45) is 0 Å². The minimum Gasteiger partial charge on any atom is -0.361 e. The lowest BCUT2D eigenvalue weighted by molar-refractivity contribution is 0.0879. The molecule has 0 aliphatic rings. The summed E-state index contributed by atoms with van der Waals surface area (Å²) in [5.74, 6) is -0.0450. The van der Waals surface area contributed by atoms with Crippen LogP contribution >= 0.6 is 50.7 Å². The fourth-order valence-corrected chi connectivity index (χ4v) is 7.89. The Bertz CT molecular complexity index is 2240. The molecule has 5 heterocycles. The van der Waals surface area contributed by atoms with Gasteiger partial charge in [0.15, 0.2) is 27.4 Å². The predicted molar refractivity (Wildman–Crippen MR) is 246 cm³/mol. The van der Waals surface area contributed by atoms with Gasteiger partial charge in [0.05, 0.1) is 16.8 Å². The van der Waals surface area contributed by atoms with Crippen LogP contribution in [0, 0.1) is 6.92 Å². The zero-order valence-electron chi connectivity index (χ0n) is 35.8. The van der Waals surface area contributed by atoms with E-state index >= 15 is 0 Å². The smallest absolute Gasteiger partial charge is 0.255 e. The van der Waals surface area contributed by atoms with Crippen LogP contribution in [0.1, 0.15) is 68.0 Å². The molecule has 0 aliphatic heterocycles. The fraction of sp³-hybridized carbons (Fsp3) is 0.553. The molecule has 5 rings (SSSR count). The highest BCUT2D eigenvalue weighted by Crippen LogP contribution is 2.30. The minimum atomic E-state index is -1.20. The molecule has 2 amide bonds. The Morgan fingerprint density at radius 3 is 1.62 bits per heavy atom. The number of nitrogens with zero attached hydrogens (tertiary/aromatic N) is 7. The van der Waals surface area contributed by atoms with Crippen molar-refractivity contribution in [2.75, 3.05) is 18.5 Å². The Morgan fingerprint density at radius 2 is 1.21 bits per heavy atom. The van der Waals surface area contributed by atoms with Crippen LogP contribution in [0.25, 0.3) is 22.3 Å². The van der Waals surface area contributed by atoms with Gasteiger partial charge in [-0.3, -0.25) is 9.59 Å². The van der Waals surface area contributed by atoms with Gasteiger partial charge in [-0.2, -0.15) is 4.37 Å². The number of rotatable bonds is 14. The Balaban J connectivity index is 0.000000262. The van der Waals surface area contributed by atoms with Crippen molar-refractivity contribution in [1.82, 2.24) is 44.1 Å². The number of aromatic nitrogens is 7. The zero-order chi connectivity index (χ0) is 43.4. The maximum atomic E-state index is 13.0. The van der Waals surface area contributed by atoms with Gasteiger partial charge in [-0.15, -0.1) is 0 Å². The van der Waals surface area contributed by atoms with Crippen LogP contribution in [-0.4, -0.2) is 85.7 Å². The first kappa shape index (κ1) is 47.7. The van der Waals surface area contributed by atoms with Crippen LogP contribution in [0.5, 0.6) is 0 Å². The van der Waals surface area contributed by atoms with E-state index in [9.17, 15) is 9.59 Å². The standard InChI is InChI=1S/C21H31ClN6O2SSi.C17H26BrClN4O2Si/c1-13-10-15(31-27-13)23-18-17(22)25-19-16(24-18)14(20(29)26-21(2,3)4)11-28(19)12-30-8-9-32(5,6)7;1-17(2,3)22-16(24)11-9-23(10-25-7-8-26(4,5)6)15-12(11)20-13(18)14(19)21-15/h10-11H,8-9,12H2,1-7H3,(H,23,24)(H,26,29);9H,7-8,10H2,1-6H3,(H,22,24). The number of halogens is 3. The Labute approximate surface area is 365 Å². The van der Waals surface area contributed by atoms with Gasteiger partial charge in [-0.1, -0.05) is 62.5 Å². The van der Waals surface area contributed by atoms with E-state index in [1.54, 1.807) is 21.5 Å². The second kappa shape index (κ2) is 19.2. The summed E-state index contributed by atoms with van der Waals surface area (Å²) in [4.78, 5) is 43.7. The predicted octanol–water partition coefficient (Wildman–Crippen LogP) is 10.1. The summed E-state index contributed by atoms with van der Waals surface area (Å²) in [7, 11) is -2.36. The van der Waals surface area contributed by atoms with E-state index < -0.39 is 16.1 Å². The molecule has 0 fully saturated rings. The zero-order valence-corrected chi connectivity index (χ0v) is 41.7. The molecule has 0 bridgehead atoms. The number of ether oxygens (including phenoxy) is 2. The number of hydrogen-bond acceptors (Lipinski definition) is 11. The fourth-order valence-electron chi connectivity index (χ4n) is 5.16. The van der Waals surface area contributed by atoms with Crippen LogP contribution in [0.2, 0.25) is 61.7 Å². The number of carbonyl (C=O) groups excluding carboxylic acids is 2. The van der Waals surface area contributed by atoms with Crippen LogP contribution < -0.4 is 16.0 Å². The first-order valence-electron chi connectivity index (χ1n) is 19.0. The van der Waals surface area contributed by atoms with Crippen molar-refractivity contribution in [3.8, 4) is 0 Å². The third kappa shape index (κ3) is 14.3. The number of nitrogens with one attached hydrogen (secondary N) is 3. The van der Waals surface area contributed by atoms with Gasteiger partial charge in [0, 0.05) is 52.8 Å². The van der Waals surface area contributed by atoms with E-state index in [0.29, 0.717) is 63.8 Å². The third-order valence-electron chi connectivity index (χ3n) is 8.04. The summed E-state index contributed by atoms with van der Waals surface area (Å²) < 4.78 is 19.9. The number of amides is 2. The number of carbonyl (C=O) groups is 2. The van der Waals surface area contributed by atoms with Gasteiger partial charge in [0.1, 0.15) is 34.1 Å². The number of anilines is 2. The molecule has 5 aromatic rings. The summed E-state index contributed by atoms with van der Waals surface area (Å²) in [5, 5.41) is 10.4. The average Bonchev–Trinajstić information content (AvgIpc) is 3.74. The maximum absolute atomic E-state index is 13.0. The second-order valence-electron chi connectivity index (χ2n) is 18.6. The normalized spacial score (nSPS) is 12.5. The van der Waals surface area contributed by atoms with Crippen molar-refractivity contribution in [3.05, 3.63) is 50.2 Å². The lowest BCUT2D eigenvalue weighted by Gasteiger charge is -2.20. The molecule has 5 aromatic heterocycles. The SMILES string of the molecule is CC(C)(C)NC(=O)c1cn(COCC[Si](C)(C)C)c2nc(Cl)c(Br)nc12.Cc1cc(Nc2nc3c(C(=O)NC(C)(C)C)cn(COCC[Si](C)(C)C)c3nc2Cl)sn1. The molecule has 0 aromatic carbocycles. The number of aryl methyl sites for hydroxylation is 1. The van der Waals surface area contributed by atoms with E-state index in [1.165, 1.54) is 11.5 Å². The van der Waals surface area contributed by atoms with E-state index in [1.807, 2.05) is 54.5 Å². The molecule has 0 radical (unpaired) electrons. The molecule has 0 saturated heterocycles. The van der Waals surface area contributed by atoms with Gasteiger partial charge >= 0.3 is 0 Å². The van der Waals surface area contributed by atoms with E-state index in [2.05, 4.69) is 95.5 Å².